The molecule has 2 heterocycles. The largest absolute Gasteiger partial charge is 0.347 e. The van der Waals surface area contributed by atoms with Crippen LogP contribution in [0.1, 0.15) is 36.7 Å². The number of rotatable bonds is 4. The first-order valence-electron chi connectivity index (χ1n) is 8.55. The van der Waals surface area contributed by atoms with Crippen LogP contribution >= 0.6 is 11.3 Å². The van der Waals surface area contributed by atoms with Crippen molar-refractivity contribution in [2.75, 3.05) is 0 Å². The molecule has 0 saturated heterocycles. The standard InChI is InChI=1S/C21H17N3O2S/c25-20(23-13-17-7-4-10-27-17)15-8-9-16-12-22-19(18(16)11-15)24-21(26)14-5-2-1-3-6-14/h1-11H,12-13H2,(H,23,25)(H,22,24,26). The predicted octanol–water partition coefficient (Wildman–Crippen LogP) is 3.37. The van der Waals surface area contributed by atoms with Crippen molar-refractivity contribution < 1.29 is 9.59 Å². The minimum absolute atomic E-state index is 0.146. The highest BCUT2D eigenvalue weighted by atomic mass is 32.1. The highest BCUT2D eigenvalue weighted by molar-refractivity contribution is 7.09. The Balaban J connectivity index is 1.48. The lowest BCUT2D eigenvalue weighted by atomic mass is 10.0. The minimum Gasteiger partial charge on any atom is -0.347 e. The van der Waals surface area contributed by atoms with Crippen LogP contribution in [0, 0.1) is 0 Å². The van der Waals surface area contributed by atoms with Crippen molar-refractivity contribution in [3.8, 4) is 0 Å². The fourth-order valence-corrected chi connectivity index (χ4v) is 3.53. The molecule has 0 atom stereocenters. The lowest BCUT2D eigenvalue weighted by molar-refractivity contribution is 0.0949. The van der Waals surface area contributed by atoms with Gasteiger partial charge in [0.1, 0.15) is 5.84 Å². The number of hydrogen-bond acceptors (Lipinski definition) is 4. The summed E-state index contributed by atoms with van der Waals surface area (Å²) >= 11 is 1.60. The third kappa shape index (κ3) is 3.80. The van der Waals surface area contributed by atoms with Gasteiger partial charge in [0.25, 0.3) is 11.8 Å². The molecule has 1 aliphatic heterocycles. The van der Waals surface area contributed by atoms with E-state index in [0.717, 1.165) is 16.0 Å². The van der Waals surface area contributed by atoms with Crippen LogP contribution in [0.2, 0.25) is 0 Å². The molecule has 2 N–H and O–H groups in total. The van der Waals surface area contributed by atoms with Gasteiger partial charge in [-0.25, -0.2) is 0 Å². The Labute approximate surface area is 160 Å². The number of carbonyl (C=O) groups excluding carboxylic acids is 2. The van der Waals surface area contributed by atoms with Gasteiger partial charge < -0.3 is 10.6 Å². The van der Waals surface area contributed by atoms with Crippen molar-refractivity contribution in [3.63, 3.8) is 0 Å². The molecule has 134 valence electrons. The lowest BCUT2D eigenvalue weighted by Gasteiger charge is -2.09. The molecule has 0 aliphatic carbocycles. The molecule has 2 amide bonds. The SMILES string of the molecule is O=C(NCc1cccs1)c1ccc2c(c1)C(NC(=O)c1ccccc1)=NC2. The van der Waals surface area contributed by atoms with Crippen LogP contribution in [0.4, 0.5) is 0 Å². The Kier molecular flexibility index (Phi) is 4.80. The van der Waals surface area contributed by atoms with Gasteiger partial charge in [0.2, 0.25) is 0 Å². The van der Waals surface area contributed by atoms with Gasteiger partial charge in [0.15, 0.2) is 0 Å². The van der Waals surface area contributed by atoms with Crippen LogP contribution in [-0.2, 0) is 13.1 Å². The first-order chi connectivity index (χ1) is 13.2. The smallest absolute Gasteiger partial charge is 0.256 e. The fourth-order valence-electron chi connectivity index (χ4n) is 2.88. The van der Waals surface area contributed by atoms with Crippen LogP contribution in [0.3, 0.4) is 0 Å². The van der Waals surface area contributed by atoms with Gasteiger partial charge in [-0.3, -0.25) is 14.6 Å². The number of nitrogens with zero attached hydrogens (tertiary/aromatic N) is 1. The molecule has 2 aromatic carbocycles. The van der Waals surface area contributed by atoms with E-state index in [1.165, 1.54) is 0 Å². The van der Waals surface area contributed by atoms with E-state index in [4.69, 9.17) is 0 Å². The highest BCUT2D eigenvalue weighted by Gasteiger charge is 2.20. The van der Waals surface area contributed by atoms with Gasteiger partial charge in [-0.05, 0) is 41.3 Å². The normalized spacial score (nSPS) is 12.2. The van der Waals surface area contributed by atoms with E-state index in [-0.39, 0.29) is 11.8 Å². The van der Waals surface area contributed by atoms with Gasteiger partial charge >= 0.3 is 0 Å². The summed E-state index contributed by atoms with van der Waals surface area (Å²) in [5.41, 5.74) is 2.91. The summed E-state index contributed by atoms with van der Waals surface area (Å²) in [6, 6.07) is 18.4. The third-order valence-electron chi connectivity index (χ3n) is 4.31. The van der Waals surface area contributed by atoms with Crippen LogP contribution in [0.15, 0.2) is 71.0 Å². The van der Waals surface area contributed by atoms with Crippen molar-refractivity contribution in [2.24, 2.45) is 4.99 Å². The summed E-state index contributed by atoms with van der Waals surface area (Å²) < 4.78 is 0. The van der Waals surface area contributed by atoms with Crippen molar-refractivity contribution in [2.45, 2.75) is 13.1 Å². The van der Waals surface area contributed by atoms with Gasteiger partial charge in [0.05, 0.1) is 13.1 Å². The topological polar surface area (TPSA) is 70.6 Å². The third-order valence-corrected chi connectivity index (χ3v) is 5.18. The second-order valence-corrected chi connectivity index (χ2v) is 7.15. The van der Waals surface area contributed by atoms with E-state index in [9.17, 15) is 9.59 Å². The molecule has 0 radical (unpaired) electrons. The van der Waals surface area contributed by atoms with E-state index in [2.05, 4.69) is 15.6 Å². The first kappa shape index (κ1) is 17.2. The van der Waals surface area contributed by atoms with Crippen molar-refractivity contribution in [3.05, 3.63) is 93.2 Å². The van der Waals surface area contributed by atoms with Crippen LogP contribution in [-0.4, -0.2) is 17.6 Å². The number of aliphatic imine (C=N–C) groups is 1. The number of fused-ring (bicyclic) bond motifs is 1. The molecule has 1 aromatic heterocycles. The summed E-state index contributed by atoms with van der Waals surface area (Å²) in [6.07, 6.45) is 0. The molecule has 5 nitrogen and oxygen atoms in total. The number of benzene rings is 2. The Morgan fingerprint density at radius 2 is 1.81 bits per heavy atom. The molecule has 27 heavy (non-hydrogen) atoms. The number of amidine groups is 1. The quantitative estimate of drug-likeness (QED) is 0.734. The zero-order chi connectivity index (χ0) is 18.6. The Bertz CT molecular complexity index is 1010. The van der Waals surface area contributed by atoms with E-state index < -0.39 is 0 Å². The molecule has 0 unspecified atom stereocenters. The van der Waals surface area contributed by atoms with E-state index in [0.29, 0.717) is 30.1 Å². The van der Waals surface area contributed by atoms with Gasteiger partial charge in [-0.15, -0.1) is 11.3 Å². The van der Waals surface area contributed by atoms with Crippen molar-refractivity contribution in [1.29, 1.82) is 0 Å². The lowest BCUT2D eigenvalue weighted by Crippen LogP contribution is -2.30. The molecule has 0 spiro atoms. The maximum atomic E-state index is 12.5. The molecule has 4 rings (SSSR count). The Hall–Kier alpha value is -3.25. The van der Waals surface area contributed by atoms with Crippen LogP contribution in [0.25, 0.3) is 0 Å². The molecule has 3 aromatic rings. The maximum absolute atomic E-state index is 12.5. The molecule has 0 saturated carbocycles. The van der Waals surface area contributed by atoms with Crippen LogP contribution < -0.4 is 10.6 Å². The maximum Gasteiger partial charge on any atom is 0.256 e. The zero-order valence-corrected chi connectivity index (χ0v) is 15.3. The Morgan fingerprint density at radius 1 is 0.963 bits per heavy atom. The number of amides is 2. The summed E-state index contributed by atoms with van der Waals surface area (Å²) in [5.74, 6) is 0.147. The number of carbonyl (C=O) groups is 2. The molecular formula is C21H17N3O2S. The van der Waals surface area contributed by atoms with E-state index in [1.807, 2.05) is 41.8 Å². The zero-order valence-electron chi connectivity index (χ0n) is 14.4. The summed E-state index contributed by atoms with van der Waals surface area (Å²) in [5, 5.41) is 7.75. The number of thiophene rings is 1. The molecule has 0 fully saturated rings. The van der Waals surface area contributed by atoms with Crippen molar-refractivity contribution in [1.82, 2.24) is 10.6 Å². The van der Waals surface area contributed by atoms with Gasteiger partial charge in [-0.2, -0.15) is 0 Å². The Morgan fingerprint density at radius 3 is 2.59 bits per heavy atom. The fraction of sp³-hybridized carbons (Fsp3) is 0.0952. The number of hydrogen-bond donors (Lipinski definition) is 2. The van der Waals surface area contributed by atoms with Crippen LogP contribution in [0.5, 0.6) is 0 Å². The molecule has 6 heteroatoms. The second-order valence-electron chi connectivity index (χ2n) is 6.12. The second kappa shape index (κ2) is 7.55. The summed E-state index contributed by atoms with van der Waals surface area (Å²) in [6.45, 7) is 0.996. The van der Waals surface area contributed by atoms with Gasteiger partial charge in [0, 0.05) is 21.6 Å². The number of nitrogens with one attached hydrogen (secondary N) is 2. The first-order valence-corrected chi connectivity index (χ1v) is 9.43. The molecule has 0 bridgehead atoms. The molecular weight excluding hydrogens is 358 g/mol. The average Bonchev–Trinajstić information content (AvgIpc) is 3.36. The monoisotopic (exact) mass is 375 g/mol. The van der Waals surface area contributed by atoms with E-state index in [1.54, 1.807) is 35.6 Å². The van der Waals surface area contributed by atoms with E-state index >= 15 is 0 Å². The van der Waals surface area contributed by atoms with Gasteiger partial charge in [-0.1, -0.05) is 30.3 Å². The predicted molar refractivity (Wildman–Crippen MR) is 106 cm³/mol. The van der Waals surface area contributed by atoms with Crippen molar-refractivity contribution >= 4 is 29.0 Å². The average molecular weight is 375 g/mol. The highest BCUT2D eigenvalue weighted by Crippen LogP contribution is 2.20. The minimum atomic E-state index is -0.213. The summed E-state index contributed by atoms with van der Waals surface area (Å²) in [4.78, 5) is 30.4. The molecule has 1 aliphatic rings. The summed E-state index contributed by atoms with van der Waals surface area (Å²) in [7, 11) is 0.